The van der Waals surface area contributed by atoms with E-state index in [2.05, 4.69) is 25.9 Å². The van der Waals surface area contributed by atoms with Crippen LogP contribution in [0.2, 0.25) is 0 Å². The lowest BCUT2D eigenvalue weighted by atomic mass is 10.2. The molecule has 8 nitrogen and oxygen atoms in total. The van der Waals surface area contributed by atoms with Gasteiger partial charge in [-0.25, -0.2) is 5.10 Å². The highest BCUT2D eigenvalue weighted by Crippen LogP contribution is 2.39. The number of anilines is 1. The van der Waals surface area contributed by atoms with Gasteiger partial charge in [0.05, 0.1) is 13.7 Å². The lowest BCUT2D eigenvalue weighted by Crippen LogP contribution is -2.12. The van der Waals surface area contributed by atoms with E-state index >= 15 is 0 Å². The Hall–Kier alpha value is -2.68. The number of carbonyl (C=O) groups excluding carboxylic acids is 1. The third-order valence-electron chi connectivity index (χ3n) is 2.92. The average Bonchev–Trinajstić information content (AvgIpc) is 3.15. The number of amides is 1. The van der Waals surface area contributed by atoms with Crippen molar-refractivity contribution >= 4 is 33.3 Å². The molecule has 2 aromatic heterocycles. The number of hydrogen-bond donors (Lipinski definition) is 2. The molecule has 0 unspecified atom stereocenters. The van der Waals surface area contributed by atoms with E-state index in [9.17, 15) is 4.79 Å². The van der Waals surface area contributed by atoms with Crippen LogP contribution in [0.1, 0.15) is 16.6 Å². The first-order chi connectivity index (χ1) is 10.7. The molecule has 0 fully saturated rings. The highest BCUT2D eigenvalue weighted by atomic mass is 32.1. The first-order valence-electron chi connectivity index (χ1n) is 6.51. The highest BCUT2D eigenvalue weighted by Gasteiger charge is 2.21. The summed E-state index contributed by atoms with van der Waals surface area (Å²) in [6.07, 6.45) is 0. The summed E-state index contributed by atoms with van der Waals surface area (Å²) >= 11 is 1.34. The second-order valence-electron chi connectivity index (χ2n) is 4.26. The molecule has 0 aliphatic rings. The van der Waals surface area contributed by atoms with Crippen molar-refractivity contribution in [1.82, 2.24) is 20.6 Å². The molecule has 0 saturated heterocycles. The number of rotatable bonds is 5. The van der Waals surface area contributed by atoms with Crippen molar-refractivity contribution in [1.29, 1.82) is 0 Å². The maximum absolute atomic E-state index is 12.4. The van der Waals surface area contributed by atoms with Crippen molar-refractivity contribution in [3.63, 3.8) is 0 Å². The molecule has 0 spiro atoms. The Morgan fingerprint density at radius 1 is 1.45 bits per heavy atom. The summed E-state index contributed by atoms with van der Waals surface area (Å²) in [5.41, 5.74) is 0. The van der Waals surface area contributed by atoms with E-state index in [1.807, 2.05) is 25.1 Å². The first-order valence-corrected chi connectivity index (χ1v) is 7.33. The Labute approximate surface area is 129 Å². The predicted octanol–water partition coefficient (Wildman–Crippen LogP) is 2.07. The molecule has 0 atom stereocenters. The number of hydrogen-bond acceptors (Lipinski definition) is 7. The van der Waals surface area contributed by atoms with E-state index in [0.717, 1.165) is 10.1 Å². The van der Waals surface area contributed by atoms with Crippen LogP contribution in [0.15, 0.2) is 18.2 Å². The number of nitrogens with one attached hydrogen (secondary N) is 2. The quantitative estimate of drug-likeness (QED) is 0.746. The molecule has 22 heavy (non-hydrogen) atoms. The first kappa shape index (κ1) is 14.3. The minimum absolute atomic E-state index is 0.183. The van der Waals surface area contributed by atoms with Crippen molar-refractivity contribution in [2.45, 2.75) is 6.92 Å². The number of carbonyl (C=O) groups is 1. The number of aromatic nitrogens is 4. The number of aromatic amines is 1. The van der Waals surface area contributed by atoms with E-state index in [1.54, 1.807) is 7.11 Å². The third-order valence-corrected chi connectivity index (χ3v) is 4.07. The van der Waals surface area contributed by atoms with Crippen LogP contribution in [0.5, 0.6) is 11.5 Å². The molecule has 0 saturated carbocycles. The van der Waals surface area contributed by atoms with Gasteiger partial charge in [0.15, 0.2) is 5.75 Å². The van der Waals surface area contributed by atoms with Crippen LogP contribution in [0.3, 0.4) is 0 Å². The van der Waals surface area contributed by atoms with Crippen molar-refractivity contribution in [2.75, 3.05) is 19.0 Å². The third kappa shape index (κ3) is 2.58. The molecule has 0 aliphatic heterocycles. The fourth-order valence-electron chi connectivity index (χ4n) is 1.99. The minimum atomic E-state index is -0.331. The lowest BCUT2D eigenvalue weighted by Gasteiger charge is -2.05. The number of thiophene rings is 1. The van der Waals surface area contributed by atoms with Crippen LogP contribution in [0.25, 0.3) is 10.1 Å². The van der Waals surface area contributed by atoms with Crippen LogP contribution in [-0.4, -0.2) is 40.2 Å². The Kier molecular flexibility index (Phi) is 3.88. The number of fused-ring (bicyclic) bond motifs is 1. The molecular weight excluding hydrogens is 306 g/mol. The van der Waals surface area contributed by atoms with Crippen molar-refractivity contribution in [3.05, 3.63) is 23.1 Å². The average molecular weight is 319 g/mol. The summed E-state index contributed by atoms with van der Waals surface area (Å²) in [5.74, 6) is 1.09. The summed E-state index contributed by atoms with van der Waals surface area (Å²) in [7, 11) is 1.60. The van der Waals surface area contributed by atoms with Gasteiger partial charge in [-0.3, -0.25) is 10.1 Å². The van der Waals surface area contributed by atoms with Gasteiger partial charge in [0.2, 0.25) is 5.95 Å². The number of tetrazole rings is 1. The smallest absolute Gasteiger partial charge is 0.271 e. The van der Waals surface area contributed by atoms with Crippen LogP contribution in [0.4, 0.5) is 5.95 Å². The number of H-pyrrole nitrogens is 1. The molecule has 2 heterocycles. The fourth-order valence-corrected chi connectivity index (χ4v) is 3.02. The Bertz CT molecular complexity index is 799. The molecule has 9 heteroatoms. The van der Waals surface area contributed by atoms with Gasteiger partial charge in [-0.15, -0.1) is 11.3 Å². The zero-order valence-corrected chi connectivity index (χ0v) is 12.7. The highest BCUT2D eigenvalue weighted by molar-refractivity contribution is 7.21. The Morgan fingerprint density at radius 3 is 3.00 bits per heavy atom. The molecule has 3 rings (SSSR count). The summed E-state index contributed by atoms with van der Waals surface area (Å²) in [6, 6.07) is 5.59. The van der Waals surface area contributed by atoms with Crippen LogP contribution >= 0.6 is 11.3 Å². The zero-order chi connectivity index (χ0) is 15.5. The largest absolute Gasteiger partial charge is 0.497 e. The second kappa shape index (κ2) is 5.98. The van der Waals surface area contributed by atoms with Crippen LogP contribution in [0, 0.1) is 0 Å². The zero-order valence-electron chi connectivity index (χ0n) is 11.9. The number of benzene rings is 1. The monoisotopic (exact) mass is 319 g/mol. The van der Waals surface area contributed by atoms with Gasteiger partial charge in [-0.05, 0) is 35.5 Å². The van der Waals surface area contributed by atoms with Crippen LogP contribution < -0.4 is 14.8 Å². The van der Waals surface area contributed by atoms with E-state index in [4.69, 9.17) is 9.47 Å². The van der Waals surface area contributed by atoms with E-state index in [-0.39, 0.29) is 11.9 Å². The maximum atomic E-state index is 12.4. The molecule has 0 bridgehead atoms. The van der Waals surface area contributed by atoms with Crippen molar-refractivity contribution < 1.29 is 14.3 Å². The summed E-state index contributed by atoms with van der Waals surface area (Å²) in [4.78, 5) is 12.9. The number of nitrogens with zero attached hydrogens (tertiary/aromatic N) is 3. The maximum Gasteiger partial charge on any atom is 0.271 e. The molecule has 114 valence electrons. The minimum Gasteiger partial charge on any atom is -0.497 e. The second-order valence-corrected chi connectivity index (χ2v) is 5.31. The fraction of sp³-hybridized carbons (Fsp3) is 0.231. The topological polar surface area (TPSA) is 102 Å². The summed E-state index contributed by atoms with van der Waals surface area (Å²) in [5, 5.41) is 16.4. The standard InChI is InChI=1S/C13H13N5O3S/c1-3-21-10-8-6-7(20-2)4-5-9(8)22-11(10)12(19)14-13-15-17-18-16-13/h4-6H,3H2,1-2H3,(H2,14,15,16,17,18,19). The molecule has 0 aliphatic carbocycles. The van der Waals surface area contributed by atoms with Crippen LogP contribution in [-0.2, 0) is 0 Å². The lowest BCUT2D eigenvalue weighted by molar-refractivity contribution is 0.102. The van der Waals surface area contributed by atoms with Crippen molar-refractivity contribution in [3.8, 4) is 11.5 Å². The SMILES string of the molecule is CCOc1c(C(=O)Nc2nnn[nH]2)sc2ccc(OC)cc12. The van der Waals surface area contributed by atoms with Gasteiger partial charge < -0.3 is 9.47 Å². The normalized spacial score (nSPS) is 10.6. The molecular formula is C13H13N5O3S. The van der Waals surface area contributed by atoms with E-state index < -0.39 is 0 Å². The van der Waals surface area contributed by atoms with Gasteiger partial charge in [0.1, 0.15) is 10.6 Å². The van der Waals surface area contributed by atoms with Gasteiger partial charge in [0.25, 0.3) is 5.91 Å². The molecule has 1 aromatic carbocycles. The number of ether oxygens (including phenoxy) is 2. The molecule has 3 aromatic rings. The van der Waals surface area contributed by atoms with E-state index in [1.165, 1.54) is 11.3 Å². The molecule has 2 N–H and O–H groups in total. The summed E-state index contributed by atoms with van der Waals surface area (Å²) < 4.78 is 11.8. The predicted molar refractivity (Wildman–Crippen MR) is 81.7 cm³/mol. The summed E-state index contributed by atoms with van der Waals surface area (Å²) in [6.45, 7) is 2.32. The molecule has 1 amide bonds. The van der Waals surface area contributed by atoms with Gasteiger partial charge in [-0.2, -0.15) is 0 Å². The van der Waals surface area contributed by atoms with Gasteiger partial charge in [0, 0.05) is 10.1 Å². The van der Waals surface area contributed by atoms with Gasteiger partial charge >= 0.3 is 0 Å². The Balaban J connectivity index is 2.03. The Morgan fingerprint density at radius 2 is 2.32 bits per heavy atom. The number of methoxy groups -OCH3 is 1. The van der Waals surface area contributed by atoms with Crippen molar-refractivity contribution in [2.24, 2.45) is 0 Å². The van der Waals surface area contributed by atoms with Gasteiger partial charge in [-0.1, -0.05) is 5.10 Å². The van der Waals surface area contributed by atoms with E-state index in [0.29, 0.717) is 23.0 Å². The molecule has 0 radical (unpaired) electrons.